The Kier molecular flexibility index (Phi) is 5.42. The van der Waals surface area contributed by atoms with Gasteiger partial charge in [-0.1, -0.05) is 22.0 Å². The van der Waals surface area contributed by atoms with Crippen molar-refractivity contribution in [3.63, 3.8) is 0 Å². The number of halogens is 2. The van der Waals surface area contributed by atoms with Crippen molar-refractivity contribution >= 4 is 45.6 Å². The van der Waals surface area contributed by atoms with Gasteiger partial charge >= 0.3 is 0 Å². The molecule has 0 bridgehead atoms. The molecule has 1 amide bonds. The predicted molar refractivity (Wildman–Crippen MR) is 86.6 cm³/mol. The molecule has 0 aliphatic rings. The number of amides is 1. The second-order valence-electron chi connectivity index (χ2n) is 4.21. The molecule has 2 aromatic rings. The first-order valence-corrected chi connectivity index (χ1v) is 6.42. The number of nitrogens with two attached hydrogens (primary N) is 1. The molecular formula is C14H14BrClN2O2. The molecule has 0 aliphatic heterocycles. The zero-order valence-corrected chi connectivity index (χ0v) is 13.1. The largest absolute Gasteiger partial charge is 0.506 e. The minimum atomic E-state index is -0.356. The topological polar surface area (TPSA) is 75.3 Å². The quantitative estimate of drug-likeness (QED) is 0.566. The van der Waals surface area contributed by atoms with E-state index < -0.39 is 0 Å². The van der Waals surface area contributed by atoms with Crippen LogP contribution in [0.1, 0.15) is 15.9 Å². The number of anilines is 2. The first-order chi connectivity index (χ1) is 8.97. The third-order valence-corrected chi connectivity index (χ3v) is 3.15. The molecule has 0 radical (unpaired) electrons. The molecular weight excluding hydrogens is 344 g/mol. The number of hydrogen-bond acceptors (Lipinski definition) is 3. The van der Waals surface area contributed by atoms with E-state index in [1.807, 2.05) is 6.92 Å². The maximum Gasteiger partial charge on any atom is 0.257 e. The molecule has 0 aliphatic carbocycles. The number of hydrogen-bond donors (Lipinski definition) is 3. The molecule has 0 saturated heterocycles. The lowest BCUT2D eigenvalue weighted by atomic mass is 10.1. The van der Waals surface area contributed by atoms with Crippen molar-refractivity contribution in [3.05, 3.63) is 52.0 Å². The average Bonchev–Trinajstić information content (AvgIpc) is 2.33. The number of phenolic OH excluding ortho intramolecular Hbond substituents is 1. The molecule has 20 heavy (non-hydrogen) atoms. The van der Waals surface area contributed by atoms with Crippen LogP contribution in [-0.4, -0.2) is 11.0 Å². The van der Waals surface area contributed by atoms with E-state index in [0.717, 1.165) is 10.0 Å². The lowest BCUT2D eigenvalue weighted by Gasteiger charge is -2.10. The minimum absolute atomic E-state index is 0. The number of phenols is 1. The molecule has 0 spiro atoms. The normalized spacial score (nSPS) is 9.70. The lowest BCUT2D eigenvalue weighted by molar-refractivity contribution is 0.102. The van der Waals surface area contributed by atoms with Crippen LogP contribution in [-0.2, 0) is 0 Å². The molecule has 0 atom stereocenters. The number of nitrogens with one attached hydrogen (secondary N) is 1. The van der Waals surface area contributed by atoms with Gasteiger partial charge in [0.05, 0.1) is 11.3 Å². The number of aromatic hydroxyl groups is 1. The molecule has 4 nitrogen and oxygen atoms in total. The van der Waals surface area contributed by atoms with Gasteiger partial charge in [-0.05, 0) is 42.8 Å². The maximum absolute atomic E-state index is 12.1. The summed E-state index contributed by atoms with van der Waals surface area (Å²) in [5.41, 5.74) is 7.84. The zero-order valence-electron chi connectivity index (χ0n) is 10.7. The summed E-state index contributed by atoms with van der Waals surface area (Å²) in [5, 5.41) is 12.3. The number of aryl methyl sites for hydroxylation is 1. The lowest BCUT2D eigenvalue weighted by Crippen LogP contribution is -2.14. The van der Waals surface area contributed by atoms with Crippen LogP contribution in [0.5, 0.6) is 5.75 Å². The highest BCUT2D eigenvalue weighted by Crippen LogP contribution is 2.26. The number of nitrogen functional groups attached to an aromatic ring is 1. The zero-order chi connectivity index (χ0) is 14.0. The third-order valence-electron chi connectivity index (χ3n) is 2.66. The summed E-state index contributed by atoms with van der Waals surface area (Å²) in [6.07, 6.45) is 0. The van der Waals surface area contributed by atoms with Gasteiger partial charge in [0.25, 0.3) is 5.91 Å². The Morgan fingerprint density at radius 2 is 1.95 bits per heavy atom. The van der Waals surface area contributed by atoms with Crippen LogP contribution < -0.4 is 11.1 Å². The molecule has 0 aromatic heterocycles. The molecule has 0 heterocycles. The second kappa shape index (κ2) is 6.63. The molecule has 2 aromatic carbocycles. The summed E-state index contributed by atoms with van der Waals surface area (Å²) in [5.74, 6) is -0.333. The van der Waals surface area contributed by atoms with E-state index in [1.54, 1.807) is 30.3 Å². The monoisotopic (exact) mass is 356 g/mol. The summed E-state index contributed by atoms with van der Waals surface area (Å²) in [4.78, 5) is 12.1. The predicted octanol–water partition coefficient (Wildman–Crippen LogP) is 3.72. The van der Waals surface area contributed by atoms with Crippen molar-refractivity contribution in [1.82, 2.24) is 0 Å². The van der Waals surface area contributed by atoms with E-state index in [1.165, 1.54) is 6.07 Å². The number of benzene rings is 2. The summed E-state index contributed by atoms with van der Waals surface area (Å²) >= 11 is 3.28. The second-order valence-corrected chi connectivity index (χ2v) is 5.12. The Labute approximate surface area is 131 Å². The Balaban J connectivity index is 0.00000200. The summed E-state index contributed by atoms with van der Waals surface area (Å²) in [7, 11) is 0. The molecule has 0 unspecified atom stereocenters. The SMILES string of the molecule is Cc1ccc(O)c(NC(=O)c2ccc(Br)cc2N)c1.Cl. The molecule has 4 N–H and O–H groups in total. The van der Waals surface area contributed by atoms with Crippen molar-refractivity contribution in [2.24, 2.45) is 0 Å². The van der Waals surface area contributed by atoms with E-state index >= 15 is 0 Å². The van der Waals surface area contributed by atoms with Crippen molar-refractivity contribution in [2.75, 3.05) is 11.1 Å². The average molecular weight is 358 g/mol. The smallest absolute Gasteiger partial charge is 0.257 e. The fourth-order valence-electron chi connectivity index (χ4n) is 1.68. The number of carbonyl (C=O) groups excluding carboxylic acids is 1. The number of carbonyl (C=O) groups is 1. The maximum atomic E-state index is 12.1. The standard InChI is InChI=1S/C14H13BrN2O2.ClH/c1-8-2-5-13(18)12(6-8)17-14(19)10-4-3-9(15)7-11(10)16;/h2-7,18H,16H2,1H3,(H,17,19);1H. The summed E-state index contributed by atoms with van der Waals surface area (Å²) in [6, 6.07) is 10.0. The van der Waals surface area contributed by atoms with E-state index in [4.69, 9.17) is 5.73 Å². The van der Waals surface area contributed by atoms with Gasteiger partial charge in [0.2, 0.25) is 0 Å². The fourth-order valence-corrected chi connectivity index (χ4v) is 2.06. The molecule has 2 rings (SSSR count). The highest BCUT2D eigenvalue weighted by molar-refractivity contribution is 9.10. The Morgan fingerprint density at radius 3 is 2.60 bits per heavy atom. The van der Waals surface area contributed by atoms with Crippen LogP contribution in [0.25, 0.3) is 0 Å². The van der Waals surface area contributed by atoms with Crippen LogP contribution in [0.15, 0.2) is 40.9 Å². The minimum Gasteiger partial charge on any atom is -0.506 e. The van der Waals surface area contributed by atoms with Gasteiger partial charge in [-0.25, -0.2) is 0 Å². The molecule has 106 valence electrons. The van der Waals surface area contributed by atoms with Crippen molar-refractivity contribution in [1.29, 1.82) is 0 Å². The fraction of sp³-hybridized carbons (Fsp3) is 0.0714. The summed E-state index contributed by atoms with van der Waals surface area (Å²) < 4.78 is 0.806. The van der Waals surface area contributed by atoms with E-state index in [2.05, 4.69) is 21.2 Å². The third kappa shape index (κ3) is 3.65. The highest BCUT2D eigenvalue weighted by atomic mass is 79.9. The Hall–Kier alpha value is -1.72. The first kappa shape index (κ1) is 16.3. The Morgan fingerprint density at radius 1 is 1.25 bits per heavy atom. The van der Waals surface area contributed by atoms with Crippen LogP contribution >= 0.6 is 28.3 Å². The van der Waals surface area contributed by atoms with E-state index in [0.29, 0.717) is 16.9 Å². The molecule has 0 fully saturated rings. The van der Waals surface area contributed by atoms with E-state index in [-0.39, 0.29) is 24.1 Å². The number of rotatable bonds is 2. The highest BCUT2D eigenvalue weighted by Gasteiger charge is 2.12. The van der Waals surface area contributed by atoms with Gasteiger partial charge in [-0.2, -0.15) is 0 Å². The molecule has 0 saturated carbocycles. The van der Waals surface area contributed by atoms with Gasteiger partial charge in [0, 0.05) is 10.2 Å². The van der Waals surface area contributed by atoms with Gasteiger partial charge in [-0.15, -0.1) is 12.4 Å². The van der Waals surface area contributed by atoms with Crippen LogP contribution in [0, 0.1) is 6.92 Å². The van der Waals surface area contributed by atoms with Crippen LogP contribution in [0.2, 0.25) is 0 Å². The first-order valence-electron chi connectivity index (χ1n) is 5.63. The summed E-state index contributed by atoms with van der Waals surface area (Å²) in [6.45, 7) is 1.88. The Bertz CT molecular complexity index is 647. The van der Waals surface area contributed by atoms with Gasteiger partial charge in [0.15, 0.2) is 0 Å². The van der Waals surface area contributed by atoms with Crippen molar-refractivity contribution < 1.29 is 9.90 Å². The van der Waals surface area contributed by atoms with Crippen LogP contribution in [0.3, 0.4) is 0 Å². The van der Waals surface area contributed by atoms with Crippen molar-refractivity contribution in [2.45, 2.75) is 6.92 Å². The van der Waals surface area contributed by atoms with E-state index in [9.17, 15) is 9.90 Å². The van der Waals surface area contributed by atoms with Crippen molar-refractivity contribution in [3.8, 4) is 5.75 Å². The van der Waals surface area contributed by atoms with Gasteiger partial charge < -0.3 is 16.2 Å². The van der Waals surface area contributed by atoms with Gasteiger partial charge in [-0.3, -0.25) is 4.79 Å². The van der Waals surface area contributed by atoms with Crippen LogP contribution in [0.4, 0.5) is 11.4 Å². The molecule has 6 heteroatoms. The van der Waals surface area contributed by atoms with Gasteiger partial charge in [0.1, 0.15) is 5.75 Å².